The van der Waals surface area contributed by atoms with E-state index >= 15 is 0 Å². The largest absolute Gasteiger partial charge is 0.468 e. The third kappa shape index (κ3) is 2.67. The van der Waals surface area contributed by atoms with Crippen molar-refractivity contribution in [1.29, 1.82) is 0 Å². The first-order valence-corrected chi connectivity index (χ1v) is 3.66. The van der Waals surface area contributed by atoms with Crippen molar-refractivity contribution in [3.8, 4) is 0 Å². The van der Waals surface area contributed by atoms with Crippen LogP contribution >= 0.6 is 11.6 Å². The Labute approximate surface area is 71.6 Å². The third-order valence-electron chi connectivity index (χ3n) is 1.54. The van der Waals surface area contributed by atoms with E-state index in [1.807, 2.05) is 0 Å². The Morgan fingerprint density at radius 2 is 1.91 bits per heavy atom. The van der Waals surface area contributed by atoms with Crippen molar-refractivity contribution in [3.05, 3.63) is 0 Å². The number of hydrogen-bond acceptors (Lipinski definition) is 3. The first-order valence-electron chi connectivity index (χ1n) is 3.22. The molecule has 0 spiro atoms. The molecule has 0 aromatic heterocycles. The number of alkyl halides is 1. The van der Waals surface area contributed by atoms with Crippen LogP contribution in [0, 0.1) is 0 Å². The highest BCUT2D eigenvalue weighted by molar-refractivity contribution is 6.30. The Balaban J connectivity index is 4.22. The van der Waals surface area contributed by atoms with Crippen LogP contribution in [-0.4, -0.2) is 31.2 Å². The van der Waals surface area contributed by atoms with Gasteiger partial charge in [0.05, 0.1) is 12.7 Å². The zero-order valence-electron chi connectivity index (χ0n) is 7.18. The lowest BCUT2D eigenvalue weighted by atomic mass is 10.1. The van der Waals surface area contributed by atoms with Crippen LogP contribution in [0.1, 0.15) is 13.8 Å². The van der Waals surface area contributed by atoms with E-state index in [1.165, 1.54) is 14.2 Å². The molecule has 0 fully saturated rings. The molecule has 0 saturated heterocycles. The number of carbonyl (C=O) groups is 1. The van der Waals surface area contributed by atoms with Crippen molar-refractivity contribution in [2.75, 3.05) is 14.2 Å². The van der Waals surface area contributed by atoms with Crippen molar-refractivity contribution in [3.63, 3.8) is 0 Å². The lowest BCUT2D eigenvalue weighted by Gasteiger charge is -2.26. The van der Waals surface area contributed by atoms with Crippen molar-refractivity contribution in [2.45, 2.75) is 24.8 Å². The SMILES string of the molecule is COC(=O)C(Cl)C(C)(C)OC. The van der Waals surface area contributed by atoms with Gasteiger partial charge < -0.3 is 9.47 Å². The molecule has 0 aromatic carbocycles. The molecule has 0 saturated carbocycles. The Hall–Kier alpha value is -0.280. The molecule has 1 unspecified atom stereocenters. The van der Waals surface area contributed by atoms with Gasteiger partial charge in [-0.2, -0.15) is 0 Å². The number of rotatable bonds is 3. The Morgan fingerprint density at radius 3 is 2.18 bits per heavy atom. The summed E-state index contributed by atoms with van der Waals surface area (Å²) in [6.07, 6.45) is 0. The van der Waals surface area contributed by atoms with Crippen LogP contribution in [0.15, 0.2) is 0 Å². The van der Waals surface area contributed by atoms with Gasteiger partial charge >= 0.3 is 5.97 Å². The summed E-state index contributed by atoms with van der Waals surface area (Å²) in [4.78, 5) is 10.9. The molecule has 0 aliphatic rings. The fourth-order valence-electron chi connectivity index (χ4n) is 0.491. The smallest absolute Gasteiger partial charge is 0.326 e. The number of ether oxygens (including phenoxy) is 2. The molecule has 0 aliphatic heterocycles. The van der Waals surface area contributed by atoms with Crippen molar-refractivity contribution < 1.29 is 14.3 Å². The number of hydrogen-bond donors (Lipinski definition) is 0. The lowest BCUT2D eigenvalue weighted by molar-refractivity contribution is -0.145. The predicted molar refractivity (Wildman–Crippen MR) is 42.7 cm³/mol. The van der Waals surface area contributed by atoms with Crippen molar-refractivity contribution in [2.24, 2.45) is 0 Å². The van der Waals surface area contributed by atoms with Crippen molar-refractivity contribution >= 4 is 17.6 Å². The van der Waals surface area contributed by atoms with Gasteiger partial charge in [-0.3, -0.25) is 4.79 Å². The highest BCUT2D eigenvalue weighted by atomic mass is 35.5. The number of carbonyl (C=O) groups excluding carboxylic acids is 1. The predicted octanol–water partition coefficient (Wildman–Crippen LogP) is 1.19. The first-order chi connectivity index (χ1) is 4.95. The highest BCUT2D eigenvalue weighted by Gasteiger charge is 2.34. The fraction of sp³-hybridized carbons (Fsp3) is 0.857. The van der Waals surface area contributed by atoms with E-state index in [0.29, 0.717) is 0 Å². The quantitative estimate of drug-likeness (QED) is 0.484. The van der Waals surface area contributed by atoms with Crippen LogP contribution in [0.3, 0.4) is 0 Å². The van der Waals surface area contributed by atoms with Crippen molar-refractivity contribution in [1.82, 2.24) is 0 Å². The van der Waals surface area contributed by atoms with Gasteiger partial charge in [-0.25, -0.2) is 0 Å². The fourth-order valence-corrected chi connectivity index (χ4v) is 0.669. The van der Waals surface area contributed by atoms with Crippen LogP contribution < -0.4 is 0 Å². The highest BCUT2D eigenvalue weighted by Crippen LogP contribution is 2.20. The zero-order valence-corrected chi connectivity index (χ0v) is 7.94. The van der Waals surface area contributed by atoms with E-state index in [4.69, 9.17) is 16.3 Å². The molecular formula is C7H13ClO3. The second-order valence-electron chi connectivity index (χ2n) is 2.69. The molecule has 4 heteroatoms. The maximum Gasteiger partial charge on any atom is 0.326 e. The van der Waals surface area contributed by atoms with Crippen LogP contribution in [0.4, 0.5) is 0 Å². The lowest BCUT2D eigenvalue weighted by Crippen LogP contribution is -2.40. The van der Waals surface area contributed by atoms with E-state index < -0.39 is 16.9 Å². The second-order valence-corrected chi connectivity index (χ2v) is 3.13. The van der Waals surface area contributed by atoms with Crippen LogP contribution in [-0.2, 0) is 14.3 Å². The number of methoxy groups -OCH3 is 2. The molecular weight excluding hydrogens is 168 g/mol. The average Bonchev–Trinajstić information content (AvgIpc) is 2.01. The van der Waals surface area contributed by atoms with Crippen LogP contribution in [0.2, 0.25) is 0 Å². The summed E-state index contributed by atoms with van der Waals surface area (Å²) in [5, 5.41) is -0.766. The molecule has 0 aromatic rings. The summed E-state index contributed by atoms with van der Waals surface area (Å²) < 4.78 is 9.44. The molecule has 0 radical (unpaired) electrons. The zero-order chi connectivity index (χ0) is 9.07. The second kappa shape index (κ2) is 3.93. The van der Waals surface area contributed by atoms with E-state index in [9.17, 15) is 4.79 Å². The molecule has 0 aliphatic carbocycles. The van der Waals surface area contributed by atoms with Gasteiger partial charge in [0, 0.05) is 7.11 Å². The van der Waals surface area contributed by atoms with Gasteiger partial charge in [-0.05, 0) is 13.8 Å². The summed E-state index contributed by atoms with van der Waals surface area (Å²) in [5.41, 5.74) is -0.686. The maximum absolute atomic E-state index is 10.9. The Morgan fingerprint density at radius 1 is 1.45 bits per heavy atom. The van der Waals surface area contributed by atoms with E-state index in [1.54, 1.807) is 13.8 Å². The molecule has 1 atom stereocenters. The van der Waals surface area contributed by atoms with Crippen LogP contribution in [0.5, 0.6) is 0 Å². The maximum atomic E-state index is 10.9. The monoisotopic (exact) mass is 180 g/mol. The summed E-state index contributed by atoms with van der Waals surface area (Å²) >= 11 is 5.72. The Bertz CT molecular complexity index is 145. The summed E-state index contributed by atoms with van der Waals surface area (Å²) in [7, 11) is 2.79. The van der Waals surface area contributed by atoms with Gasteiger partial charge in [0.1, 0.15) is 0 Å². The standard InChI is InChI=1S/C7H13ClO3/c1-7(2,11-4)5(8)6(9)10-3/h5H,1-4H3. The number of esters is 1. The van der Waals surface area contributed by atoms with Crippen LogP contribution in [0.25, 0.3) is 0 Å². The minimum atomic E-state index is -0.766. The van der Waals surface area contributed by atoms with Gasteiger partial charge in [-0.15, -0.1) is 11.6 Å². The van der Waals surface area contributed by atoms with Gasteiger partial charge in [0.25, 0.3) is 0 Å². The molecule has 0 amide bonds. The van der Waals surface area contributed by atoms with Gasteiger partial charge in [0.2, 0.25) is 0 Å². The normalized spacial score (nSPS) is 14.3. The summed E-state index contributed by atoms with van der Waals surface area (Å²) in [5.74, 6) is -0.474. The minimum absolute atomic E-state index is 0.474. The average molecular weight is 181 g/mol. The first kappa shape index (κ1) is 10.7. The molecule has 3 nitrogen and oxygen atoms in total. The van der Waals surface area contributed by atoms with E-state index in [0.717, 1.165) is 0 Å². The van der Waals surface area contributed by atoms with Gasteiger partial charge in [0.15, 0.2) is 5.38 Å². The molecule has 0 heterocycles. The minimum Gasteiger partial charge on any atom is -0.468 e. The molecule has 0 rings (SSSR count). The Kier molecular flexibility index (Phi) is 3.83. The third-order valence-corrected chi connectivity index (χ3v) is 2.25. The molecule has 0 bridgehead atoms. The summed E-state index contributed by atoms with van der Waals surface area (Å²) in [6.45, 7) is 3.45. The molecule has 11 heavy (non-hydrogen) atoms. The topological polar surface area (TPSA) is 35.5 Å². The molecule has 0 N–H and O–H groups in total. The summed E-state index contributed by atoms with van der Waals surface area (Å²) in [6, 6.07) is 0. The van der Waals surface area contributed by atoms with Gasteiger partial charge in [-0.1, -0.05) is 0 Å². The van der Waals surface area contributed by atoms with E-state index in [-0.39, 0.29) is 0 Å². The molecule has 66 valence electrons. The number of halogens is 1. The van der Waals surface area contributed by atoms with E-state index in [2.05, 4.69) is 4.74 Å².